The number of rotatable bonds is 3. The highest BCUT2D eigenvalue weighted by Gasteiger charge is 2.12. The lowest BCUT2D eigenvalue weighted by Gasteiger charge is -2.01. The monoisotopic (exact) mass is 231 g/mol. The van der Waals surface area contributed by atoms with Crippen LogP contribution in [0.2, 0.25) is 0 Å². The molecule has 90 valence electrons. The highest BCUT2D eigenvalue weighted by Crippen LogP contribution is 2.19. The lowest BCUT2D eigenvalue weighted by Crippen LogP contribution is -2.00. The van der Waals surface area contributed by atoms with E-state index in [0.29, 0.717) is 12.5 Å². The third-order valence-corrected chi connectivity index (χ3v) is 2.58. The zero-order chi connectivity index (χ0) is 12.4. The molecule has 0 radical (unpaired) electrons. The zero-order valence-corrected chi connectivity index (χ0v) is 10.4. The van der Waals surface area contributed by atoms with Crippen molar-refractivity contribution in [3.8, 4) is 11.4 Å². The first-order valence-electron chi connectivity index (χ1n) is 5.68. The highest BCUT2D eigenvalue weighted by molar-refractivity contribution is 5.55. The van der Waals surface area contributed by atoms with Crippen LogP contribution in [0.5, 0.6) is 0 Å². The van der Waals surface area contributed by atoms with Crippen LogP contribution in [-0.2, 0) is 13.6 Å². The van der Waals surface area contributed by atoms with Crippen LogP contribution < -0.4 is 5.73 Å². The van der Waals surface area contributed by atoms with E-state index in [0.717, 1.165) is 22.9 Å². The van der Waals surface area contributed by atoms with Gasteiger partial charge in [-0.3, -0.25) is 4.98 Å². The van der Waals surface area contributed by atoms with Crippen LogP contribution in [0.1, 0.15) is 31.3 Å². The number of nitrogens with two attached hydrogens (primary N) is 1. The molecule has 0 spiro atoms. The van der Waals surface area contributed by atoms with E-state index >= 15 is 0 Å². The van der Waals surface area contributed by atoms with E-state index in [1.807, 2.05) is 19.2 Å². The van der Waals surface area contributed by atoms with Gasteiger partial charge in [0.2, 0.25) is 0 Å². The minimum absolute atomic E-state index is 0.325. The van der Waals surface area contributed by atoms with Gasteiger partial charge in [-0.1, -0.05) is 13.8 Å². The van der Waals surface area contributed by atoms with Crippen molar-refractivity contribution in [2.24, 2.45) is 12.8 Å². The number of aryl methyl sites for hydroxylation is 1. The predicted molar refractivity (Wildman–Crippen MR) is 66.2 cm³/mol. The van der Waals surface area contributed by atoms with Crippen molar-refractivity contribution >= 4 is 0 Å². The van der Waals surface area contributed by atoms with Crippen LogP contribution in [0.4, 0.5) is 0 Å². The summed E-state index contributed by atoms with van der Waals surface area (Å²) in [6.07, 6.45) is 1.75. The molecule has 0 atom stereocenters. The van der Waals surface area contributed by atoms with Crippen molar-refractivity contribution in [2.75, 3.05) is 0 Å². The maximum atomic E-state index is 5.58. The summed E-state index contributed by atoms with van der Waals surface area (Å²) in [7, 11) is 1.90. The average molecular weight is 231 g/mol. The second-order valence-electron chi connectivity index (χ2n) is 4.31. The van der Waals surface area contributed by atoms with Gasteiger partial charge in [0.15, 0.2) is 11.6 Å². The number of hydrogen-bond donors (Lipinski definition) is 1. The van der Waals surface area contributed by atoms with Crippen molar-refractivity contribution in [3.05, 3.63) is 29.8 Å². The third-order valence-electron chi connectivity index (χ3n) is 2.58. The maximum absolute atomic E-state index is 5.58. The topological polar surface area (TPSA) is 69.6 Å². The number of aromatic nitrogens is 4. The largest absolute Gasteiger partial charge is 0.325 e. The number of pyridine rings is 1. The van der Waals surface area contributed by atoms with Crippen LogP contribution in [-0.4, -0.2) is 19.7 Å². The summed E-state index contributed by atoms with van der Waals surface area (Å²) >= 11 is 0. The smallest absolute Gasteiger partial charge is 0.158 e. The summed E-state index contributed by atoms with van der Waals surface area (Å²) in [6.45, 7) is 4.59. The lowest BCUT2D eigenvalue weighted by molar-refractivity contribution is 0.712. The Bertz CT molecular complexity index is 515. The molecule has 2 heterocycles. The Kier molecular flexibility index (Phi) is 3.19. The van der Waals surface area contributed by atoms with Crippen LogP contribution in [0.25, 0.3) is 11.4 Å². The average Bonchev–Trinajstić information content (AvgIpc) is 2.72. The fourth-order valence-corrected chi connectivity index (χ4v) is 1.63. The molecule has 0 aliphatic heterocycles. The van der Waals surface area contributed by atoms with Gasteiger partial charge in [-0.15, -0.1) is 0 Å². The van der Waals surface area contributed by atoms with Gasteiger partial charge < -0.3 is 5.73 Å². The fraction of sp³-hybridized carbons (Fsp3) is 0.417. The standard InChI is InChI=1S/C12H17N5/c1-8(2)11-15-12(17(3)16-11)9-4-5-14-10(6-9)7-13/h4-6,8H,7,13H2,1-3H3. The molecule has 0 bridgehead atoms. The van der Waals surface area contributed by atoms with Crippen molar-refractivity contribution in [2.45, 2.75) is 26.3 Å². The molecule has 0 saturated carbocycles. The van der Waals surface area contributed by atoms with Crippen molar-refractivity contribution < 1.29 is 0 Å². The Morgan fingerprint density at radius 1 is 1.41 bits per heavy atom. The summed E-state index contributed by atoms with van der Waals surface area (Å²) in [5, 5.41) is 4.40. The summed E-state index contributed by atoms with van der Waals surface area (Å²) in [5.41, 5.74) is 7.44. The Morgan fingerprint density at radius 2 is 2.18 bits per heavy atom. The second-order valence-corrected chi connectivity index (χ2v) is 4.31. The molecule has 2 aromatic rings. The van der Waals surface area contributed by atoms with Crippen molar-refractivity contribution in [1.29, 1.82) is 0 Å². The van der Waals surface area contributed by atoms with Crippen LogP contribution in [0, 0.1) is 0 Å². The molecular weight excluding hydrogens is 214 g/mol. The van der Waals surface area contributed by atoms with Crippen molar-refractivity contribution in [3.63, 3.8) is 0 Å². The van der Waals surface area contributed by atoms with Gasteiger partial charge in [0.25, 0.3) is 0 Å². The minimum Gasteiger partial charge on any atom is -0.325 e. The lowest BCUT2D eigenvalue weighted by atomic mass is 10.2. The Labute approximate surface area is 101 Å². The normalized spacial score (nSPS) is 11.1. The molecule has 2 aromatic heterocycles. The first-order valence-corrected chi connectivity index (χ1v) is 5.68. The van der Waals surface area contributed by atoms with Crippen LogP contribution >= 0.6 is 0 Å². The van der Waals surface area contributed by atoms with E-state index in [1.54, 1.807) is 10.9 Å². The van der Waals surface area contributed by atoms with Gasteiger partial charge in [-0.2, -0.15) is 5.10 Å². The Morgan fingerprint density at radius 3 is 2.76 bits per heavy atom. The minimum atomic E-state index is 0.325. The molecule has 0 amide bonds. The molecule has 0 aromatic carbocycles. The van der Waals surface area contributed by atoms with Gasteiger partial charge >= 0.3 is 0 Å². The van der Waals surface area contributed by atoms with E-state index in [4.69, 9.17) is 5.73 Å². The fourth-order valence-electron chi connectivity index (χ4n) is 1.63. The quantitative estimate of drug-likeness (QED) is 0.868. The summed E-state index contributed by atoms with van der Waals surface area (Å²) in [4.78, 5) is 8.71. The van der Waals surface area contributed by atoms with E-state index in [9.17, 15) is 0 Å². The van der Waals surface area contributed by atoms with Gasteiger partial charge in [0.05, 0.1) is 5.69 Å². The van der Waals surface area contributed by atoms with E-state index in [1.165, 1.54) is 0 Å². The zero-order valence-electron chi connectivity index (χ0n) is 10.4. The molecule has 0 unspecified atom stereocenters. The van der Waals surface area contributed by atoms with E-state index in [-0.39, 0.29) is 0 Å². The van der Waals surface area contributed by atoms with Gasteiger partial charge in [-0.25, -0.2) is 9.67 Å². The number of nitrogens with zero attached hydrogens (tertiary/aromatic N) is 4. The molecule has 17 heavy (non-hydrogen) atoms. The molecule has 0 aliphatic rings. The summed E-state index contributed by atoms with van der Waals surface area (Å²) in [5.74, 6) is 2.03. The maximum Gasteiger partial charge on any atom is 0.158 e. The Hall–Kier alpha value is -1.75. The first kappa shape index (κ1) is 11.7. The van der Waals surface area contributed by atoms with Crippen LogP contribution in [0.3, 0.4) is 0 Å². The predicted octanol–water partition coefficient (Wildman–Crippen LogP) is 1.46. The third kappa shape index (κ3) is 2.34. The SMILES string of the molecule is CC(C)c1nc(-c2ccnc(CN)c2)n(C)n1. The van der Waals surface area contributed by atoms with Gasteiger partial charge in [0, 0.05) is 31.3 Å². The molecule has 0 fully saturated rings. The van der Waals surface area contributed by atoms with E-state index < -0.39 is 0 Å². The molecule has 5 nitrogen and oxygen atoms in total. The van der Waals surface area contributed by atoms with E-state index in [2.05, 4.69) is 28.9 Å². The molecule has 0 aliphatic carbocycles. The Balaban J connectivity index is 2.45. The van der Waals surface area contributed by atoms with Crippen molar-refractivity contribution in [1.82, 2.24) is 19.7 Å². The molecule has 0 saturated heterocycles. The highest BCUT2D eigenvalue weighted by atomic mass is 15.3. The van der Waals surface area contributed by atoms with Crippen LogP contribution in [0.15, 0.2) is 18.3 Å². The van der Waals surface area contributed by atoms with Gasteiger partial charge in [-0.05, 0) is 12.1 Å². The number of hydrogen-bond acceptors (Lipinski definition) is 4. The summed E-state index contributed by atoms with van der Waals surface area (Å²) in [6, 6.07) is 3.88. The second kappa shape index (κ2) is 4.63. The molecule has 2 N–H and O–H groups in total. The molecule has 2 rings (SSSR count). The van der Waals surface area contributed by atoms with Gasteiger partial charge in [0.1, 0.15) is 0 Å². The first-order chi connectivity index (χ1) is 8.11. The summed E-state index contributed by atoms with van der Waals surface area (Å²) < 4.78 is 1.80. The molecule has 5 heteroatoms. The molecular formula is C12H17N5.